The van der Waals surface area contributed by atoms with Crippen molar-refractivity contribution in [2.75, 3.05) is 6.54 Å². The van der Waals surface area contributed by atoms with E-state index in [1.54, 1.807) is 45.9 Å². The molecular weight excluding hydrogens is 381 g/mol. The van der Waals surface area contributed by atoms with Gasteiger partial charge < -0.3 is 10.6 Å². The Bertz CT molecular complexity index is 877. The topological polar surface area (TPSA) is 58.2 Å². The number of hydrogen-bond acceptors (Lipinski definition) is 2. The third-order valence-electron chi connectivity index (χ3n) is 4.73. The number of amides is 2. The van der Waals surface area contributed by atoms with Crippen molar-refractivity contribution in [3.63, 3.8) is 0 Å². The van der Waals surface area contributed by atoms with Gasteiger partial charge >= 0.3 is 0 Å². The normalized spacial score (nSPS) is 12.6. The molecule has 1 atom stereocenters. The molecule has 0 aromatic heterocycles. The molecule has 156 valence electrons. The summed E-state index contributed by atoms with van der Waals surface area (Å²) in [5.41, 5.74) is -0.999. The van der Waals surface area contributed by atoms with Crippen LogP contribution >= 0.6 is 0 Å². The van der Waals surface area contributed by atoms with Crippen molar-refractivity contribution in [3.05, 3.63) is 71.0 Å². The molecular formula is C22H25F3N2O2. The van der Waals surface area contributed by atoms with E-state index in [-0.39, 0.29) is 18.3 Å². The summed E-state index contributed by atoms with van der Waals surface area (Å²) in [5, 5.41) is 5.10. The number of benzene rings is 2. The third kappa shape index (κ3) is 5.37. The van der Waals surface area contributed by atoms with Crippen LogP contribution in [-0.2, 0) is 10.2 Å². The first kappa shape index (κ1) is 22.5. The van der Waals surface area contributed by atoms with Gasteiger partial charge in [-0.1, -0.05) is 52.0 Å². The highest BCUT2D eigenvalue weighted by Crippen LogP contribution is 2.25. The molecule has 0 aliphatic carbocycles. The molecule has 29 heavy (non-hydrogen) atoms. The highest BCUT2D eigenvalue weighted by atomic mass is 19.1. The van der Waals surface area contributed by atoms with Crippen molar-refractivity contribution in [1.29, 1.82) is 0 Å². The maximum Gasteiger partial charge on any atom is 0.257 e. The zero-order chi connectivity index (χ0) is 21.8. The lowest BCUT2D eigenvalue weighted by atomic mass is 9.84. The molecule has 2 rings (SSSR count). The Morgan fingerprint density at radius 1 is 0.931 bits per heavy atom. The van der Waals surface area contributed by atoms with Crippen LogP contribution in [0.15, 0.2) is 42.5 Å². The molecule has 2 N–H and O–H groups in total. The van der Waals surface area contributed by atoms with Crippen LogP contribution in [0.1, 0.15) is 43.6 Å². The van der Waals surface area contributed by atoms with Crippen molar-refractivity contribution < 1.29 is 22.8 Å². The van der Waals surface area contributed by atoms with Gasteiger partial charge in [-0.15, -0.1) is 0 Å². The van der Waals surface area contributed by atoms with E-state index in [4.69, 9.17) is 0 Å². The quantitative estimate of drug-likeness (QED) is 0.732. The number of rotatable bonds is 7. The predicted molar refractivity (Wildman–Crippen MR) is 105 cm³/mol. The maximum atomic E-state index is 14.1. The fourth-order valence-electron chi connectivity index (χ4n) is 2.99. The van der Waals surface area contributed by atoms with E-state index in [2.05, 4.69) is 10.6 Å². The Morgan fingerprint density at radius 3 is 2.03 bits per heavy atom. The minimum absolute atomic E-state index is 0.111. The zero-order valence-electron chi connectivity index (χ0n) is 16.9. The number of nitrogens with one attached hydrogen (secondary N) is 2. The van der Waals surface area contributed by atoms with Crippen LogP contribution in [0.5, 0.6) is 0 Å². The minimum Gasteiger partial charge on any atom is -0.353 e. The van der Waals surface area contributed by atoms with Gasteiger partial charge in [0.05, 0.1) is 0 Å². The summed E-state index contributed by atoms with van der Waals surface area (Å²) in [7, 11) is 0. The van der Waals surface area contributed by atoms with Crippen LogP contribution in [0.2, 0.25) is 0 Å². The monoisotopic (exact) mass is 406 g/mol. The second-order valence-electron chi connectivity index (χ2n) is 7.87. The zero-order valence-corrected chi connectivity index (χ0v) is 16.9. The van der Waals surface area contributed by atoms with Crippen LogP contribution in [0, 0.1) is 23.4 Å². The van der Waals surface area contributed by atoms with Gasteiger partial charge in [-0.2, -0.15) is 0 Å². The van der Waals surface area contributed by atoms with Gasteiger partial charge in [-0.25, -0.2) is 13.2 Å². The van der Waals surface area contributed by atoms with Crippen LogP contribution in [0.4, 0.5) is 13.2 Å². The minimum atomic E-state index is -1.02. The van der Waals surface area contributed by atoms with Gasteiger partial charge in [0.15, 0.2) is 0 Å². The molecule has 7 heteroatoms. The van der Waals surface area contributed by atoms with E-state index in [0.717, 1.165) is 18.2 Å². The van der Waals surface area contributed by atoms with Gasteiger partial charge in [-0.3, -0.25) is 9.59 Å². The van der Waals surface area contributed by atoms with Crippen LogP contribution < -0.4 is 10.6 Å². The van der Waals surface area contributed by atoms with Gasteiger partial charge in [0, 0.05) is 12.0 Å². The molecule has 0 saturated carbocycles. The largest absolute Gasteiger partial charge is 0.353 e. The second-order valence-corrected chi connectivity index (χ2v) is 7.87. The molecule has 0 aliphatic heterocycles. The summed E-state index contributed by atoms with van der Waals surface area (Å²) in [6, 6.07) is 8.36. The summed E-state index contributed by atoms with van der Waals surface area (Å²) in [4.78, 5) is 25.0. The number of halogens is 3. The van der Waals surface area contributed by atoms with Gasteiger partial charge in [0.1, 0.15) is 29.1 Å². The van der Waals surface area contributed by atoms with Gasteiger partial charge in [0.2, 0.25) is 5.91 Å². The Morgan fingerprint density at radius 2 is 1.48 bits per heavy atom. The molecule has 0 aliphatic rings. The molecule has 0 saturated heterocycles. The van der Waals surface area contributed by atoms with Crippen LogP contribution in [0.25, 0.3) is 0 Å². The summed E-state index contributed by atoms with van der Waals surface area (Å²) < 4.78 is 41.8. The predicted octanol–water partition coefficient (Wildman–Crippen LogP) is 3.95. The summed E-state index contributed by atoms with van der Waals surface area (Å²) in [6.45, 7) is 7.07. The average Bonchev–Trinajstić information content (AvgIpc) is 2.64. The Kier molecular flexibility index (Phi) is 7.06. The van der Waals surface area contributed by atoms with Gasteiger partial charge in [-0.05, 0) is 29.7 Å². The summed E-state index contributed by atoms with van der Waals surface area (Å²) >= 11 is 0. The van der Waals surface area contributed by atoms with E-state index in [1.165, 1.54) is 6.07 Å². The molecule has 2 amide bonds. The van der Waals surface area contributed by atoms with E-state index in [1.807, 2.05) is 0 Å². The van der Waals surface area contributed by atoms with E-state index >= 15 is 0 Å². The molecule has 0 bridgehead atoms. The lowest BCUT2D eigenvalue weighted by Gasteiger charge is -2.28. The Hall–Kier alpha value is -2.83. The maximum absolute atomic E-state index is 14.1. The molecule has 1 unspecified atom stereocenters. The molecule has 4 nitrogen and oxygen atoms in total. The standard InChI is InChI=1S/C22H25F3N2O2/c1-13(2)19(27-20(28)18-16(24)10-7-11-17(18)25)21(29)26-12-22(3,4)14-8-5-6-9-15(14)23/h5-11,13,19H,12H2,1-4H3,(H,26,29)(H,27,28). The van der Waals surface area contributed by atoms with Gasteiger partial charge in [0.25, 0.3) is 5.91 Å². The fraction of sp³-hybridized carbons (Fsp3) is 0.364. The fourth-order valence-corrected chi connectivity index (χ4v) is 2.99. The first-order valence-corrected chi connectivity index (χ1v) is 9.32. The number of carbonyl (C=O) groups is 2. The first-order valence-electron chi connectivity index (χ1n) is 9.32. The molecule has 0 fully saturated rings. The average molecular weight is 406 g/mol. The van der Waals surface area contributed by atoms with Crippen LogP contribution in [0.3, 0.4) is 0 Å². The molecule has 2 aromatic carbocycles. The van der Waals surface area contributed by atoms with E-state index in [9.17, 15) is 22.8 Å². The SMILES string of the molecule is CC(C)C(NC(=O)c1c(F)cccc1F)C(=O)NCC(C)(C)c1ccccc1F. The van der Waals surface area contributed by atoms with Crippen molar-refractivity contribution in [2.24, 2.45) is 5.92 Å². The molecule has 2 aromatic rings. The summed E-state index contributed by atoms with van der Waals surface area (Å²) in [5.74, 6) is -4.27. The lowest BCUT2D eigenvalue weighted by Crippen LogP contribution is -2.52. The first-order chi connectivity index (χ1) is 13.5. The highest BCUT2D eigenvalue weighted by molar-refractivity contribution is 5.98. The van der Waals surface area contributed by atoms with Crippen molar-refractivity contribution in [2.45, 2.75) is 39.2 Å². The molecule has 0 spiro atoms. The number of carbonyl (C=O) groups excluding carboxylic acids is 2. The Balaban J connectivity index is 2.12. The third-order valence-corrected chi connectivity index (χ3v) is 4.73. The van der Waals surface area contributed by atoms with Crippen LogP contribution in [-0.4, -0.2) is 24.4 Å². The Labute approximate surface area is 168 Å². The van der Waals surface area contributed by atoms with E-state index in [0.29, 0.717) is 5.56 Å². The second kappa shape index (κ2) is 9.11. The van der Waals surface area contributed by atoms with E-state index < -0.39 is 40.5 Å². The summed E-state index contributed by atoms with van der Waals surface area (Å²) in [6.07, 6.45) is 0. The molecule has 0 radical (unpaired) electrons. The van der Waals surface area contributed by atoms with Crippen molar-refractivity contribution in [1.82, 2.24) is 10.6 Å². The number of hydrogen-bond donors (Lipinski definition) is 2. The lowest BCUT2D eigenvalue weighted by molar-refractivity contribution is -0.124. The highest BCUT2D eigenvalue weighted by Gasteiger charge is 2.30. The smallest absolute Gasteiger partial charge is 0.257 e. The van der Waals surface area contributed by atoms with Crippen molar-refractivity contribution >= 4 is 11.8 Å². The molecule has 0 heterocycles. The van der Waals surface area contributed by atoms with Crippen molar-refractivity contribution in [3.8, 4) is 0 Å².